The average molecular weight is 294 g/mol. The highest BCUT2D eigenvalue weighted by Crippen LogP contribution is 2.13. The Morgan fingerprint density at radius 1 is 0.895 bits per heavy atom. The van der Waals surface area contributed by atoms with Crippen molar-refractivity contribution >= 4 is 34.6 Å². The summed E-state index contributed by atoms with van der Waals surface area (Å²) in [4.78, 5) is 25.2. The van der Waals surface area contributed by atoms with E-state index in [2.05, 4.69) is 0 Å². The number of thiophene rings is 2. The molecule has 0 radical (unpaired) electrons. The number of carbonyl (C=O) groups excluding carboxylic acids is 2. The molecule has 0 fully saturated rings. The molecule has 0 saturated carbocycles. The van der Waals surface area contributed by atoms with Crippen LogP contribution < -0.4 is 0 Å². The Morgan fingerprint density at radius 2 is 1.37 bits per heavy atom. The first-order valence-corrected chi connectivity index (χ1v) is 7.78. The number of hydrogen-bond acceptors (Lipinski definition) is 5. The molecule has 0 aliphatic rings. The smallest absolute Gasteiger partial charge is 0.313 e. The number of carbonyl (C=O) groups is 2. The molecule has 0 aromatic carbocycles. The van der Waals surface area contributed by atoms with Gasteiger partial charge in [-0.3, -0.25) is 9.59 Å². The maximum Gasteiger partial charge on any atom is 0.313 e. The fourth-order valence-electron chi connectivity index (χ4n) is 1.59. The van der Waals surface area contributed by atoms with E-state index in [0.29, 0.717) is 12.8 Å². The average Bonchev–Trinajstić information content (AvgIpc) is 3.07. The van der Waals surface area contributed by atoms with Crippen molar-refractivity contribution < 1.29 is 14.3 Å². The standard InChI is InChI=1S/C14H14O3S2/c15-13(7-5-11-3-1-9-18-11)17-14(16)8-6-12-4-2-10-19-12/h1-4,9-10H,5-8H2. The second-order valence-corrected chi connectivity index (χ2v) is 6.07. The van der Waals surface area contributed by atoms with Crippen LogP contribution in [0, 0.1) is 0 Å². The quantitative estimate of drug-likeness (QED) is 0.605. The maximum absolute atomic E-state index is 11.5. The Hall–Kier alpha value is -1.46. The summed E-state index contributed by atoms with van der Waals surface area (Å²) in [6, 6.07) is 7.82. The first-order chi connectivity index (χ1) is 9.24. The molecule has 19 heavy (non-hydrogen) atoms. The Bertz CT molecular complexity index is 467. The molecule has 5 heteroatoms. The van der Waals surface area contributed by atoms with Crippen LogP contribution in [-0.4, -0.2) is 11.9 Å². The highest BCUT2D eigenvalue weighted by molar-refractivity contribution is 7.10. The molecule has 2 aromatic heterocycles. The van der Waals surface area contributed by atoms with Gasteiger partial charge in [0.2, 0.25) is 0 Å². The molecule has 0 saturated heterocycles. The lowest BCUT2D eigenvalue weighted by Gasteiger charge is -2.01. The zero-order chi connectivity index (χ0) is 13.5. The molecule has 0 spiro atoms. The maximum atomic E-state index is 11.5. The largest absolute Gasteiger partial charge is 0.393 e. The van der Waals surface area contributed by atoms with E-state index >= 15 is 0 Å². The predicted molar refractivity (Wildman–Crippen MR) is 76.4 cm³/mol. The molecule has 0 atom stereocenters. The van der Waals surface area contributed by atoms with Crippen LogP contribution in [0.3, 0.4) is 0 Å². The topological polar surface area (TPSA) is 43.4 Å². The number of hydrogen-bond donors (Lipinski definition) is 0. The van der Waals surface area contributed by atoms with Crippen LogP contribution in [0.4, 0.5) is 0 Å². The van der Waals surface area contributed by atoms with E-state index in [4.69, 9.17) is 4.74 Å². The van der Waals surface area contributed by atoms with Crippen LogP contribution >= 0.6 is 22.7 Å². The molecule has 0 amide bonds. The molecule has 100 valence electrons. The third kappa shape index (κ3) is 4.96. The van der Waals surface area contributed by atoms with E-state index in [1.54, 1.807) is 22.7 Å². The second kappa shape index (κ2) is 7.21. The summed E-state index contributed by atoms with van der Waals surface area (Å²) in [5.74, 6) is -0.880. The summed E-state index contributed by atoms with van der Waals surface area (Å²) in [7, 11) is 0. The molecule has 2 heterocycles. The highest BCUT2D eigenvalue weighted by atomic mass is 32.1. The predicted octanol–water partition coefficient (Wildman–Crippen LogP) is 3.44. The monoisotopic (exact) mass is 294 g/mol. The van der Waals surface area contributed by atoms with Gasteiger partial charge in [0.1, 0.15) is 0 Å². The minimum Gasteiger partial charge on any atom is -0.393 e. The Labute approximate surface area is 119 Å². The van der Waals surface area contributed by atoms with Crippen molar-refractivity contribution in [2.75, 3.05) is 0 Å². The van der Waals surface area contributed by atoms with Gasteiger partial charge in [0.05, 0.1) is 12.8 Å². The summed E-state index contributed by atoms with van der Waals surface area (Å²) < 4.78 is 4.78. The molecular weight excluding hydrogens is 280 g/mol. The fourth-order valence-corrected chi connectivity index (χ4v) is 3.01. The molecule has 0 aliphatic heterocycles. The molecule has 0 unspecified atom stereocenters. The molecule has 0 aliphatic carbocycles. The van der Waals surface area contributed by atoms with Gasteiger partial charge in [-0.05, 0) is 35.7 Å². The minimum atomic E-state index is -0.440. The van der Waals surface area contributed by atoms with E-state index in [1.165, 1.54) is 0 Å². The molecule has 3 nitrogen and oxygen atoms in total. The van der Waals surface area contributed by atoms with Gasteiger partial charge < -0.3 is 4.74 Å². The molecule has 0 N–H and O–H groups in total. The van der Waals surface area contributed by atoms with Crippen molar-refractivity contribution in [3.63, 3.8) is 0 Å². The first-order valence-electron chi connectivity index (χ1n) is 6.02. The van der Waals surface area contributed by atoms with E-state index in [1.807, 2.05) is 35.0 Å². The number of aryl methyl sites for hydroxylation is 2. The molecule has 2 rings (SSSR count). The van der Waals surface area contributed by atoms with Crippen molar-refractivity contribution in [2.24, 2.45) is 0 Å². The Kier molecular flexibility index (Phi) is 5.30. The van der Waals surface area contributed by atoms with E-state index in [0.717, 1.165) is 9.75 Å². The highest BCUT2D eigenvalue weighted by Gasteiger charge is 2.11. The minimum absolute atomic E-state index is 0.255. The lowest BCUT2D eigenvalue weighted by atomic mass is 10.2. The van der Waals surface area contributed by atoms with Crippen LogP contribution in [-0.2, 0) is 27.2 Å². The molecular formula is C14H14O3S2. The third-order valence-corrected chi connectivity index (χ3v) is 4.41. The van der Waals surface area contributed by atoms with Gasteiger partial charge in [0.25, 0.3) is 0 Å². The summed E-state index contributed by atoms with van der Waals surface area (Å²) in [6.07, 6.45) is 1.78. The van der Waals surface area contributed by atoms with Crippen LogP contribution in [0.15, 0.2) is 35.0 Å². The lowest BCUT2D eigenvalue weighted by molar-refractivity contribution is -0.159. The van der Waals surface area contributed by atoms with Crippen molar-refractivity contribution in [1.82, 2.24) is 0 Å². The summed E-state index contributed by atoms with van der Waals surface area (Å²) >= 11 is 3.20. The van der Waals surface area contributed by atoms with Crippen LogP contribution in [0.5, 0.6) is 0 Å². The second-order valence-electron chi connectivity index (χ2n) is 4.00. The number of ether oxygens (including phenoxy) is 1. The third-order valence-electron chi connectivity index (χ3n) is 2.54. The van der Waals surface area contributed by atoms with Crippen molar-refractivity contribution in [1.29, 1.82) is 0 Å². The number of esters is 2. The van der Waals surface area contributed by atoms with Gasteiger partial charge in [-0.25, -0.2) is 0 Å². The van der Waals surface area contributed by atoms with E-state index < -0.39 is 11.9 Å². The van der Waals surface area contributed by atoms with E-state index in [-0.39, 0.29) is 12.8 Å². The first kappa shape index (κ1) is 14.0. The van der Waals surface area contributed by atoms with Gasteiger partial charge in [0, 0.05) is 9.75 Å². The van der Waals surface area contributed by atoms with Gasteiger partial charge in [-0.1, -0.05) is 12.1 Å². The summed E-state index contributed by atoms with van der Waals surface area (Å²) in [6.45, 7) is 0. The van der Waals surface area contributed by atoms with Crippen molar-refractivity contribution in [3.05, 3.63) is 44.8 Å². The zero-order valence-electron chi connectivity index (χ0n) is 10.3. The van der Waals surface area contributed by atoms with E-state index in [9.17, 15) is 9.59 Å². The SMILES string of the molecule is O=C(CCc1cccs1)OC(=O)CCc1cccs1. The van der Waals surface area contributed by atoms with Gasteiger partial charge in [0.15, 0.2) is 0 Å². The summed E-state index contributed by atoms with van der Waals surface area (Å²) in [5, 5.41) is 3.93. The lowest BCUT2D eigenvalue weighted by Crippen LogP contribution is -2.13. The fraction of sp³-hybridized carbons (Fsp3) is 0.286. The normalized spacial score (nSPS) is 10.3. The zero-order valence-corrected chi connectivity index (χ0v) is 12.0. The molecule has 0 bridgehead atoms. The Morgan fingerprint density at radius 3 is 1.74 bits per heavy atom. The molecule has 2 aromatic rings. The van der Waals surface area contributed by atoms with Crippen LogP contribution in [0.1, 0.15) is 22.6 Å². The van der Waals surface area contributed by atoms with Crippen molar-refractivity contribution in [2.45, 2.75) is 25.7 Å². The van der Waals surface area contributed by atoms with Crippen LogP contribution in [0.25, 0.3) is 0 Å². The van der Waals surface area contributed by atoms with Gasteiger partial charge in [-0.2, -0.15) is 0 Å². The Balaban J connectivity index is 1.65. The van der Waals surface area contributed by atoms with Gasteiger partial charge in [-0.15, -0.1) is 22.7 Å². The summed E-state index contributed by atoms with van der Waals surface area (Å²) in [5.41, 5.74) is 0. The van der Waals surface area contributed by atoms with Gasteiger partial charge >= 0.3 is 11.9 Å². The number of rotatable bonds is 6. The van der Waals surface area contributed by atoms with Crippen LogP contribution in [0.2, 0.25) is 0 Å². The van der Waals surface area contributed by atoms with Crippen molar-refractivity contribution in [3.8, 4) is 0 Å².